The summed E-state index contributed by atoms with van der Waals surface area (Å²) in [7, 11) is 0. The summed E-state index contributed by atoms with van der Waals surface area (Å²) in [5, 5.41) is 2.95. The molecule has 4 aliphatic carbocycles. The maximum Gasteiger partial charge on any atom is 0.0573 e. The highest BCUT2D eigenvalue weighted by Crippen LogP contribution is 2.62. The van der Waals surface area contributed by atoms with Crippen LogP contribution in [0.25, 0.3) is 0 Å². The van der Waals surface area contributed by atoms with Gasteiger partial charge in [0.2, 0.25) is 0 Å². The second-order valence-corrected chi connectivity index (χ2v) is 8.83. The highest BCUT2D eigenvalue weighted by atomic mass is 35.5. The van der Waals surface area contributed by atoms with Crippen molar-refractivity contribution in [2.75, 3.05) is 0 Å². The predicted octanol–water partition coefficient (Wildman–Crippen LogP) is 4.51. The Balaban J connectivity index is 1.57. The van der Waals surface area contributed by atoms with E-state index in [1.54, 1.807) is 11.3 Å². The van der Waals surface area contributed by atoms with Gasteiger partial charge in [-0.3, -0.25) is 11.3 Å². The van der Waals surface area contributed by atoms with Crippen molar-refractivity contribution in [3.8, 4) is 0 Å². The minimum absolute atomic E-state index is 0.235. The molecule has 0 amide bonds. The van der Waals surface area contributed by atoms with Gasteiger partial charge in [0.15, 0.2) is 0 Å². The summed E-state index contributed by atoms with van der Waals surface area (Å²) >= 11 is 8.05. The number of nitrogens with one attached hydrogen (secondary N) is 1. The molecule has 4 fully saturated rings. The molecular formula is C16H23ClN2S. The van der Waals surface area contributed by atoms with Crippen molar-refractivity contribution in [3.05, 3.63) is 21.3 Å². The van der Waals surface area contributed by atoms with E-state index in [-0.39, 0.29) is 6.04 Å². The van der Waals surface area contributed by atoms with Gasteiger partial charge in [-0.2, -0.15) is 0 Å². The normalized spacial score (nSPS) is 40.2. The number of nitrogens with two attached hydrogens (primary N) is 1. The zero-order chi connectivity index (χ0) is 13.7. The molecule has 2 nitrogen and oxygen atoms in total. The van der Waals surface area contributed by atoms with E-state index in [0.29, 0.717) is 5.41 Å². The van der Waals surface area contributed by atoms with Crippen molar-refractivity contribution < 1.29 is 0 Å². The van der Waals surface area contributed by atoms with Crippen molar-refractivity contribution in [2.45, 2.75) is 51.0 Å². The first-order chi connectivity index (χ1) is 9.67. The van der Waals surface area contributed by atoms with E-state index in [4.69, 9.17) is 17.4 Å². The van der Waals surface area contributed by atoms with E-state index in [1.807, 2.05) is 6.07 Å². The van der Waals surface area contributed by atoms with Gasteiger partial charge in [0.1, 0.15) is 0 Å². The van der Waals surface area contributed by atoms with Crippen LogP contribution in [0, 0.1) is 23.2 Å². The smallest absolute Gasteiger partial charge is 0.0573 e. The van der Waals surface area contributed by atoms with Crippen LogP contribution in [0.15, 0.2) is 11.4 Å². The lowest BCUT2D eigenvalue weighted by atomic mass is 9.48. The Morgan fingerprint density at radius 1 is 1.25 bits per heavy atom. The van der Waals surface area contributed by atoms with Gasteiger partial charge in [0.05, 0.1) is 11.1 Å². The SMILES string of the molecule is NNC(CC12CC3CC(CC(C3)C1)C2)c1sccc1Cl. The quantitative estimate of drug-likeness (QED) is 0.634. The second-order valence-electron chi connectivity index (χ2n) is 7.47. The number of hydrazine groups is 1. The van der Waals surface area contributed by atoms with Crippen molar-refractivity contribution in [2.24, 2.45) is 29.0 Å². The molecule has 0 aromatic carbocycles. The fraction of sp³-hybridized carbons (Fsp3) is 0.750. The van der Waals surface area contributed by atoms with Crippen LogP contribution >= 0.6 is 22.9 Å². The van der Waals surface area contributed by atoms with Crippen molar-refractivity contribution in [1.29, 1.82) is 0 Å². The van der Waals surface area contributed by atoms with Gasteiger partial charge in [0, 0.05) is 4.88 Å². The Morgan fingerprint density at radius 3 is 2.30 bits per heavy atom. The Kier molecular flexibility index (Phi) is 3.38. The van der Waals surface area contributed by atoms with Crippen molar-refractivity contribution >= 4 is 22.9 Å². The first-order valence-corrected chi connectivity index (χ1v) is 9.12. The number of halogens is 1. The van der Waals surface area contributed by atoms with Crippen LogP contribution in [-0.2, 0) is 0 Å². The van der Waals surface area contributed by atoms with E-state index in [1.165, 1.54) is 49.8 Å². The maximum atomic E-state index is 6.31. The lowest BCUT2D eigenvalue weighted by Crippen LogP contribution is -2.47. The fourth-order valence-corrected chi connectivity index (χ4v) is 7.00. The Bertz CT molecular complexity index is 463. The largest absolute Gasteiger partial charge is 0.271 e. The second kappa shape index (κ2) is 4.98. The van der Waals surface area contributed by atoms with E-state index in [2.05, 4.69) is 10.8 Å². The van der Waals surface area contributed by atoms with Gasteiger partial charge >= 0.3 is 0 Å². The van der Waals surface area contributed by atoms with Crippen molar-refractivity contribution in [1.82, 2.24) is 5.43 Å². The number of hydrogen-bond donors (Lipinski definition) is 2. The van der Waals surface area contributed by atoms with E-state index < -0.39 is 0 Å². The van der Waals surface area contributed by atoms with Gasteiger partial charge in [-0.25, -0.2) is 0 Å². The summed E-state index contributed by atoms with van der Waals surface area (Å²) in [6.45, 7) is 0. The average Bonchev–Trinajstić information content (AvgIpc) is 2.80. The zero-order valence-electron chi connectivity index (χ0n) is 11.8. The molecule has 0 saturated heterocycles. The average molecular weight is 311 g/mol. The van der Waals surface area contributed by atoms with Crippen molar-refractivity contribution in [3.63, 3.8) is 0 Å². The van der Waals surface area contributed by atoms with Crippen LogP contribution in [0.2, 0.25) is 5.02 Å². The molecule has 1 unspecified atom stereocenters. The molecule has 110 valence electrons. The molecule has 3 N–H and O–H groups in total. The Morgan fingerprint density at radius 2 is 1.85 bits per heavy atom. The number of rotatable bonds is 4. The predicted molar refractivity (Wildman–Crippen MR) is 84.6 cm³/mol. The Hall–Kier alpha value is -0.0900. The molecule has 1 heterocycles. The van der Waals surface area contributed by atoms with E-state index in [0.717, 1.165) is 22.8 Å². The standard InChI is InChI=1S/C16H23ClN2S/c17-13-1-2-20-15(13)14(19-18)9-16-6-10-3-11(7-16)5-12(4-10)8-16/h1-2,10-12,14,19H,3-9,18H2. The van der Waals surface area contributed by atoms with E-state index >= 15 is 0 Å². The first-order valence-electron chi connectivity index (χ1n) is 7.86. The van der Waals surface area contributed by atoms with Crippen LogP contribution in [0.1, 0.15) is 55.9 Å². The molecular weight excluding hydrogens is 288 g/mol. The molecule has 1 aromatic heterocycles. The number of hydrogen-bond acceptors (Lipinski definition) is 3. The van der Waals surface area contributed by atoms with Gasteiger partial charge in [0.25, 0.3) is 0 Å². The van der Waals surface area contributed by atoms with Gasteiger partial charge in [-0.1, -0.05) is 11.6 Å². The molecule has 0 spiro atoms. The highest BCUT2D eigenvalue weighted by molar-refractivity contribution is 7.10. The van der Waals surface area contributed by atoms with Gasteiger partial charge < -0.3 is 0 Å². The lowest BCUT2D eigenvalue weighted by molar-refractivity contribution is -0.0621. The van der Waals surface area contributed by atoms with Crippen LogP contribution in [0.3, 0.4) is 0 Å². The fourth-order valence-electron chi connectivity index (χ4n) is 5.75. The molecule has 5 rings (SSSR count). The highest BCUT2D eigenvalue weighted by Gasteiger charge is 2.51. The zero-order valence-corrected chi connectivity index (χ0v) is 13.3. The van der Waals surface area contributed by atoms with E-state index in [9.17, 15) is 0 Å². The molecule has 0 radical (unpaired) electrons. The summed E-state index contributed by atoms with van der Waals surface area (Å²) < 4.78 is 0. The molecule has 4 saturated carbocycles. The van der Waals surface area contributed by atoms with Crippen LogP contribution in [0.4, 0.5) is 0 Å². The third-order valence-electron chi connectivity index (χ3n) is 5.96. The molecule has 4 aliphatic rings. The summed E-state index contributed by atoms with van der Waals surface area (Å²) in [5.74, 6) is 8.86. The minimum atomic E-state index is 0.235. The molecule has 0 aliphatic heterocycles. The first kappa shape index (κ1) is 13.6. The third-order valence-corrected chi connectivity index (χ3v) is 7.44. The third kappa shape index (κ3) is 2.23. The number of thiophene rings is 1. The summed E-state index contributed by atoms with van der Waals surface area (Å²) in [6, 6.07) is 2.23. The lowest BCUT2D eigenvalue weighted by Gasteiger charge is -2.57. The van der Waals surface area contributed by atoms with Crippen LogP contribution in [0.5, 0.6) is 0 Å². The molecule has 4 heteroatoms. The minimum Gasteiger partial charge on any atom is -0.271 e. The summed E-state index contributed by atoms with van der Waals surface area (Å²) in [5.41, 5.74) is 3.59. The Labute approximate surface area is 130 Å². The van der Waals surface area contributed by atoms with Gasteiger partial charge in [-0.05, 0) is 79.6 Å². The molecule has 20 heavy (non-hydrogen) atoms. The summed E-state index contributed by atoms with van der Waals surface area (Å²) in [4.78, 5) is 1.23. The van der Waals surface area contributed by atoms with Crippen LogP contribution in [-0.4, -0.2) is 0 Å². The molecule has 1 atom stereocenters. The van der Waals surface area contributed by atoms with Crippen LogP contribution < -0.4 is 11.3 Å². The topological polar surface area (TPSA) is 38.0 Å². The van der Waals surface area contributed by atoms with Gasteiger partial charge in [-0.15, -0.1) is 11.3 Å². The molecule has 1 aromatic rings. The molecule has 4 bridgehead atoms. The monoisotopic (exact) mass is 310 g/mol. The maximum absolute atomic E-state index is 6.31. The summed E-state index contributed by atoms with van der Waals surface area (Å²) in [6.07, 6.45) is 9.97.